The van der Waals surface area contributed by atoms with Crippen molar-refractivity contribution in [3.05, 3.63) is 60.7 Å². The van der Waals surface area contributed by atoms with E-state index < -0.39 is 0 Å². The van der Waals surface area contributed by atoms with Gasteiger partial charge >= 0.3 is 0 Å². The van der Waals surface area contributed by atoms with Crippen LogP contribution in [0.5, 0.6) is 5.75 Å². The van der Waals surface area contributed by atoms with Gasteiger partial charge in [-0.2, -0.15) is 0 Å². The summed E-state index contributed by atoms with van der Waals surface area (Å²) in [7, 11) is 1.66. The summed E-state index contributed by atoms with van der Waals surface area (Å²) in [5, 5.41) is 0.996. The monoisotopic (exact) mass is 234 g/mol. The van der Waals surface area contributed by atoms with Crippen LogP contribution in [-0.4, -0.2) is 12.1 Å². The van der Waals surface area contributed by atoms with Crippen LogP contribution in [-0.2, 0) is 0 Å². The summed E-state index contributed by atoms with van der Waals surface area (Å²) >= 11 is 0. The van der Waals surface area contributed by atoms with Crippen molar-refractivity contribution >= 4 is 10.9 Å². The zero-order valence-electron chi connectivity index (χ0n) is 10.1. The van der Waals surface area contributed by atoms with Gasteiger partial charge in [-0.05, 0) is 24.3 Å². The van der Waals surface area contributed by atoms with E-state index in [-0.39, 0.29) is 0 Å². The quantitative estimate of drug-likeness (QED) is 0.674. The zero-order valence-corrected chi connectivity index (χ0v) is 10.1. The minimum Gasteiger partial charge on any atom is -0.497 e. The molecule has 0 aliphatic carbocycles. The normalized spacial score (nSPS) is 10.5. The number of rotatable bonds is 2. The number of fused-ring (bicyclic) bond motifs is 1. The molecule has 0 spiro atoms. The molecule has 18 heavy (non-hydrogen) atoms. The highest BCUT2D eigenvalue weighted by Gasteiger charge is 2.02. The van der Waals surface area contributed by atoms with Crippen LogP contribution in [0.1, 0.15) is 0 Å². The Kier molecular flexibility index (Phi) is 2.69. The molecule has 2 aromatic carbocycles. The first-order valence-corrected chi connectivity index (χ1v) is 5.79. The first-order chi connectivity index (χ1) is 8.86. The first-order valence-electron chi connectivity index (χ1n) is 5.79. The molecule has 0 atom stereocenters. The molecule has 0 unspecified atom stereocenters. The SMILES string of the molecule is COc1ccc2[c]cc(-c3ccccc3)nc2c1. The fraction of sp³-hybridized carbons (Fsp3) is 0.0625. The van der Waals surface area contributed by atoms with Crippen LogP contribution in [0.4, 0.5) is 0 Å². The number of methoxy groups -OCH3 is 1. The van der Waals surface area contributed by atoms with E-state index in [0.29, 0.717) is 0 Å². The van der Waals surface area contributed by atoms with Crippen molar-refractivity contribution in [1.82, 2.24) is 4.98 Å². The summed E-state index contributed by atoms with van der Waals surface area (Å²) in [5.74, 6) is 0.814. The number of hydrogen-bond acceptors (Lipinski definition) is 2. The maximum Gasteiger partial charge on any atom is 0.121 e. The second-order valence-corrected chi connectivity index (χ2v) is 4.03. The fourth-order valence-electron chi connectivity index (χ4n) is 1.92. The molecular weight excluding hydrogens is 222 g/mol. The molecule has 0 fully saturated rings. The molecule has 0 N–H and O–H groups in total. The molecular formula is C16H12NO. The molecule has 1 radical (unpaired) electrons. The molecule has 2 nitrogen and oxygen atoms in total. The summed E-state index contributed by atoms with van der Waals surface area (Å²) in [5.41, 5.74) is 2.92. The first kappa shape index (κ1) is 10.8. The van der Waals surface area contributed by atoms with Crippen LogP contribution in [0.3, 0.4) is 0 Å². The van der Waals surface area contributed by atoms with E-state index in [1.807, 2.05) is 54.6 Å². The Morgan fingerprint density at radius 1 is 1.06 bits per heavy atom. The highest BCUT2D eigenvalue weighted by molar-refractivity contribution is 5.82. The highest BCUT2D eigenvalue weighted by Crippen LogP contribution is 2.23. The van der Waals surface area contributed by atoms with Crippen molar-refractivity contribution in [3.63, 3.8) is 0 Å². The Balaban J connectivity index is 2.15. The molecule has 0 bridgehead atoms. The van der Waals surface area contributed by atoms with E-state index in [0.717, 1.165) is 27.9 Å². The lowest BCUT2D eigenvalue weighted by atomic mass is 10.1. The van der Waals surface area contributed by atoms with Crippen molar-refractivity contribution in [2.75, 3.05) is 7.11 Å². The molecule has 2 heteroatoms. The second kappa shape index (κ2) is 4.49. The van der Waals surface area contributed by atoms with E-state index in [4.69, 9.17) is 4.74 Å². The van der Waals surface area contributed by atoms with Crippen LogP contribution in [0.25, 0.3) is 22.2 Å². The summed E-state index contributed by atoms with van der Waals surface area (Å²) in [4.78, 5) is 4.64. The molecule has 3 aromatic rings. The molecule has 0 aliphatic rings. The fourth-order valence-corrected chi connectivity index (χ4v) is 1.92. The van der Waals surface area contributed by atoms with Gasteiger partial charge in [0, 0.05) is 17.0 Å². The van der Waals surface area contributed by atoms with E-state index in [2.05, 4.69) is 11.1 Å². The summed E-state index contributed by atoms with van der Waals surface area (Å²) < 4.78 is 5.21. The van der Waals surface area contributed by atoms with Crippen LogP contribution >= 0.6 is 0 Å². The topological polar surface area (TPSA) is 22.1 Å². The molecule has 3 rings (SSSR count). The molecule has 1 aromatic heterocycles. The average Bonchev–Trinajstić information content (AvgIpc) is 2.47. The van der Waals surface area contributed by atoms with Crippen LogP contribution < -0.4 is 4.74 Å². The van der Waals surface area contributed by atoms with Gasteiger partial charge in [0.2, 0.25) is 0 Å². The minimum atomic E-state index is 0.814. The third-order valence-electron chi connectivity index (χ3n) is 2.88. The number of nitrogens with zero attached hydrogens (tertiary/aromatic N) is 1. The summed E-state index contributed by atoms with van der Waals surface area (Å²) in [6.07, 6.45) is 0. The lowest BCUT2D eigenvalue weighted by molar-refractivity contribution is 0.415. The minimum absolute atomic E-state index is 0.814. The van der Waals surface area contributed by atoms with Crippen molar-refractivity contribution < 1.29 is 4.74 Å². The predicted molar refractivity (Wildman–Crippen MR) is 72.6 cm³/mol. The molecule has 0 aliphatic heterocycles. The Hall–Kier alpha value is -2.35. The third-order valence-corrected chi connectivity index (χ3v) is 2.88. The summed E-state index contributed by atoms with van der Waals surface area (Å²) in [6.45, 7) is 0. The van der Waals surface area contributed by atoms with Gasteiger partial charge in [-0.25, -0.2) is 4.98 Å². The van der Waals surface area contributed by atoms with Gasteiger partial charge in [-0.3, -0.25) is 0 Å². The highest BCUT2D eigenvalue weighted by atomic mass is 16.5. The summed E-state index contributed by atoms with van der Waals surface area (Å²) in [6, 6.07) is 21.1. The van der Waals surface area contributed by atoms with Gasteiger partial charge in [0.15, 0.2) is 0 Å². The largest absolute Gasteiger partial charge is 0.497 e. The van der Waals surface area contributed by atoms with E-state index in [9.17, 15) is 0 Å². The Morgan fingerprint density at radius 3 is 2.67 bits per heavy atom. The van der Waals surface area contributed by atoms with Crippen LogP contribution in [0.2, 0.25) is 0 Å². The van der Waals surface area contributed by atoms with E-state index in [1.54, 1.807) is 7.11 Å². The number of pyridine rings is 1. The van der Waals surface area contributed by atoms with Crippen molar-refractivity contribution in [3.8, 4) is 17.0 Å². The number of aromatic nitrogens is 1. The standard InChI is InChI=1S/C16H12NO/c1-18-14-9-7-13-8-10-15(17-16(13)11-14)12-5-3-2-4-6-12/h2-7,9-11H,1H3. The second-order valence-electron chi connectivity index (χ2n) is 4.03. The Morgan fingerprint density at radius 2 is 1.89 bits per heavy atom. The van der Waals surface area contributed by atoms with Crippen molar-refractivity contribution in [2.24, 2.45) is 0 Å². The maximum absolute atomic E-state index is 5.21. The molecule has 0 saturated carbocycles. The molecule has 0 saturated heterocycles. The number of benzene rings is 2. The van der Waals surface area contributed by atoms with E-state index >= 15 is 0 Å². The lowest BCUT2D eigenvalue weighted by Crippen LogP contribution is -1.87. The Bertz CT molecular complexity index is 677. The average molecular weight is 234 g/mol. The predicted octanol–water partition coefficient (Wildman–Crippen LogP) is 3.71. The van der Waals surface area contributed by atoms with Gasteiger partial charge in [-0.1, -0.05) is 30.3 Å². The van der Waals surface area contributed by atoms with Gasteiger partial charge in [0.25, 0.3) is 0 Å². The third kappa shape index (κ3) is 1.93. The van der Waals surface area contributed by atoms with Gasteiger partial charge < -0.3 is 4.74 Å². The van der Waals surface area contributed by atoms with Crippen molar-refractivity contribution in [2.45, 2.75) is 0 Å². The van der Waals surface area contributed by atoms with Crippen LogP contribution in [0.15, 0.2) is 54.6 Å². The van der Waals surface area contributed by atoms with Gasteiger partial charge in [-0.15, -0.1) is 0 Å². The van der Waals surface area contributed by atoms with Gasteiger partial charge in [0.1, 0.15) is 5.75 Å². The van der Waals surface area contributed by atoms with Crippen LogP contribution in [0, 0.1) is 6.07 Å². The zero-order chi connectivity index (χ0) is 12.4. The lowest BCUT2D eigenvalue weighted by Gasteiger charge is -2.04. The maximum atomic E-state index is 5.21. The number of ether oxygens (including phenoxy) is 1. The van der Waals surface area contributed by atoms with Crippen molar-refractivity contribution in [1.29, 1.82) is 0 Å². The molecule has 0 amide bonds. The smallest absolute Gasteiger partial charge is 0.121 e. The molecule has 87 valence electrons. The molecule has 1 heterocycles. The Labute approximate surface area is 106 Å². The van der Waals surface area contributed by atoms with Gasteiger partial charge in [0.05, 0.1) is 18.3 Å². The number of hydrogen-bond donors (Lipinski definition) is 0. The van der Waals surface area contributed by atoms with E-state index in [1.165, 1.54) is 0 Å².